The van der Waals surface area contributed by atoms with Gasteiger partial charge < -0.3 is 15.0 Å². The van der Waals surface area contributed by atoms with E-state index < -0.39 is 0 Å². The van der Waals surface area contributed by atoms with Crippen molar-refractivity contribution in [2.24, 2.45) is 0 Å². The number of fused-ring (bicyclic) bond motifs is 1. The highest BCUT2D eigenvalue weighted by Crippen LogP contribution is 2.29. The van der Waals surface area contributed by atoms with E-state index >= 15 is 0 Å². The largest absolute Gasteiger partial charge is 0.489 e. The van der Waals surface area contributed by atoms with Gasteiger partial charge in [-0.15, -0.1) is 12.4 Å². The Bertz CT molecular complexity index is 1000. The average molecular weight is 439 g/mol. The predicted molar refractivity (Wildman–Crippen MR) is 129 cm³/mol. The molecule has 0 bridgehead atoms. The van der Waals surface area contributed by atoms with Crippen LogP contribution in [0.25, 0.3) is 10.8 Å². The molecule has 1 heterocycles. The number of carbonyl (C=O) groups is 1. The Hall–Kier alpha value is -2.56. The smallest absolute Gasteiger partial charge is 0.222 e. The molecule has 0 unspecified atom stereocenters. The van der Waals surface area contributed by atoms with Crippen molar-refractivity contribution in [2.45, 2.75) is 39.3 Å². The van der Waals surface area contributed by atoms with Crippen molar-refractivity contribution in [3.8, 4) is 5.75 Å². The van der Waals surface area contributed by atoms with Crippen LogP contribution in [0, 0.1) is 6.92 Å². The fourth-order valence-electron chi connectivity index (χ4n) is 4.03. The summed E-state index contributed by atoms with van der Waals surface area (Å²) in [5.74, 6) is 1.23. The summed E-state index contributed by atoms with van der Waals surface area (Å²) in [6, 6.07) is 21.1. The second-order valence-corrected chi connectivity index (χ2v) is 8.05. The highest BCUT2D eigenvalue weighted by Gasteiger charge is 2.19. The van der Waals surface area contributed by atoms with Crippen LogP contribution in [0.1, 0.15) is 36.0 Å². The average Bonchev–Trinajstić information content (AvgIpc) is 3.18. The first kappa shape index (κ1) is 23.1. The van der Waals surface area contributed by atoms with Crippen molar-refractivity contribution in [3.05, 3.63) is 77.4 Å². The van der Waals surface area contributed by atoms with Crippen LogP contribution in [-0.2, 0) is 17.9 Å². The Morgan fingerprint density at radius 3 is 2.61 bits per heavy atom. The van der Waals surface area contributed by atoms with Crippen molar-refractivity contribution >= 4 is 29.1 Å². The van der Waals surface area contributed by atoms with Gasteiger partial charge in [0.2, 0.25) is 5.91 Å². The summed E-state index contributed by atoms with van der Waals surface area (Å²) < 4.78 is 6.23. The number of carbonyl (C=O) groups excluding carboxylic acids is 1. The topological polar surface area (TPSA) is 41.6 Å². The highest BCUT2D eigenvalue weighted by atomic mass is 35.5. The van der Waals surface area contributed by atoms with Gasteiger partial charge >= 0.3 is 0 Å². The molecule has 0 spiro atoms. The molecular weight excluding hydrogens is 408 g/mol. The van der Waals surface area contributed by atoms with Gasteiger partial charge in [0.05, 0.1) is 0 Å². The Labute approximate surface area is 191 Å². The second-order valence-electron chi connectivity index (χ2n) is 8.05. The molecular formula is C26H31ClN2O2. The number of nitrogens with zero attached hydrogens (tertiary/aromatic N) is 1. The number of hydrogen-bond acceptors (Lipinski definition) is 3. The number of hydrogen-bond donors (Lipinski definition) is 1. The zero-order valence-electron chi connectivity index (χ0n) is 18.1. The van der Waals surface area contributed by atoms with Crippen LogP contribution in [-0.4, -0.2) is 30.4 Å². The SMILES string of the molecule is Cc1ccc(COc2ccc3ccccc3c2CNCCCN2CCCC2=O)cc1.Cl. The van der Waals surface area contributed by atoms with E-state index in [1.165, 1.54) is 27.5 Å². The van der Waals surface area contributed by atoms with E-state index in [1.807, 2.05) is 4.90 Å². The Morgan fingerprint density at radius 1 is 1.03 bits per heavy atom. The van der Waals surface area contributed by atoms with Gasteiger partial charge in [0.15, 0.2) is 0 Å². The quantitative estimate of drug-likeness (QED) is 0.464. The minimum absolute atomic E-state index is 0. The molecule has 0 radical (unpaired) electrons. The maximum absolute atomic E-state index is 11.7. The fraction of sp³-hybridized carbons (Fsp3) is 0.346. The number of ether oxygens (including phenoxy) is 1. The lowest BCUT2D eigenvalue weighted by molar-refractivity contribution is -0.127. The lowest BCUT2D eigenvalue weighted by Gasteiger charge is -2.17. The first-order chi connectivity index (χ1) is 14.7. The number of likely N-dealkylation sites (tertiary alicyclic amines) is 1. The van der Waals surface area contributed by atoms with E-state index in [0.717, 1.165) is 44.8 Å². The van der Waals surface area contributed by atoms with Crippen molar-refractivity contribution in [3.63, 3.8) is 0 Å². The van der Waals surface area contributed by atoms with E-state index in [0.29, 0.717) is 18.9 Å². The van der Waals surface area contributed by atoms with Crippen molar-refractivity contribution < 1.29 is 9.53 Å². The van der Waals surface area contributed by atoms with Crippen LogP contribution < -0.4 is 10.1 Å². The predicted octanol–water partition coefficient (Wildman–Crippen LogP) is 5.25. The number of halogens is 1. The monoisotopic (exact) mass is 438 g/mol. The number of aryl methyl sites for hydroxylation is 1. The standard InChI is InChI=1S/C26H30N2O2.ClH/c1-20-9-11-21(12-10-20)19-30-25-14-13-22-6-2-3-7-23(22)24(25)18-27-15-5-17-28-16-4-8-26(28)29;/h2-3,6-7,9-14,27H,4-5,8,15-19H2,1H3;1H. The lowest BCUT2D eigenvalue weighted by atomic mass is 10.0. The van der Waals surface area contributed by atoms with Crippen LogP contribution in [0.5, 0.6) is 5.75 Å². The van der Waals surface area contributed by atoms with Crippen LogP contribution in [0.4, 0.5) is 0 Å². The van der Waals surface area contributed by atoms with E-state index in [-0.39, 0.29) is 12.4 Å². The van der Waals surface area contributed by atoms with Gasteiger partial charge in [-0.25, -0.2) is 0 Å². The minimum Gasteiger partial charge on any atom is -0.489 e. The molecule has 0 aromatic heterocycles. The maximum atomic E-state index is 11.7. The van der Waals surface area contributed by atoms with Gasteiger partial charge in [0, 0.05) is 31.6 Å². The van der Waals surface area contributed by atoms with Gasteiger partial charge in [-0.05, 0) is 48.7 Å². The van der Waals surface area contributed by atoms with Crippen molar-refractivity contribution in [1.29, 1.82) is 0 Å². The molecule has 3 aromatic carbocycles. The number of benzene rings is 3. The number of amides is 1. The molecule has 1 saturated heterocycles. The summed E-state index contributed by atoms with van der Waals surface area (Å²) in [5, 5.41) is 6.01. The molecule has 31 heavy (non-hydrogen) atoms. The van der Waals surface area contributed by atoms with Gasteiger partial charge in [-0.1, -0.05) is 60.2 Å². The van der Waals surface area contributed by atoms with E-state index in [4.69, 9.17) is 4.74 Å². The molecule has 1 amide bonds. The van der Waals surface area contributed by atoms with Gasteiger partial charge in [-0.3, -0.25) is 4.79 Å². The van der Waals surface area contributed by atoms with E-state index in [9.17, 15) is 4.79 Å². The first-order valence-electron chi connectivity index (χ1n) is 10.9. The fourth-order valence-corrected chi connectivity index (χ4v) is 4.03. The third kappa shape index (κ3) is 5.99. The Balaban J connectivity index is 0.00000272. The molecule has 0 aliphatic carbocycles. The van der Waals surface area contributed by atoms with Crippen LogP contribution in [0.15, 0.2) is 60.7 Å². The summed E-state index contributed by atoms with van der Waals surface area (Å²) in [5.41, 5.74) is 3.62. The molecule has 4 rings (SSSR count). The summed E-state index contributed by atoms with van der Waals surface area (Å²) in [4.78, 5) is 13.7. The minimum atomic E-state index is 0. The third-order valence-electron chi connectivity index (χ3n) is 5.77. The molecule has 164 valence electrons. The molecule has 1 aliphatic rings. The lowest BCUT2D eigenvalue weighted by Crippen LogP contribution is -2.28. The molecule has 0 saturated carbocycles. The van der Waals surface area contributed by atoms with E-state index in [1.54, 1.807) is 0 Å². The van der Waals surface area contributed by atoms with Crippen molar-refractivity contribution in [1.82, 2.24) is 10.2 Å². The molecule has 1 N–H and O–H groups in total. The van der Waals surface area contributed by atoms with Crippen LogP contribution in [0.2, 0.25) is 0 Å². The van der Waals surface area contributed by atoms with Crippen molar-refractivity contribution in [2.75, 3.05) is 19.6 Å². The highest BCUT2D eigenvalue weighted by molar-refractivity contribution is 5.87. The van der Waals surface area contributed by atoms with Gasteiger partial charge in [-0.2, -0.15) is 0 Å². The second kappa shape index (κ2) is 11.2. The molecule has 5 heteroatoms. The van der Waals surface area contributed by atoms with E-state index in [2.05, 4.69) is 72.9 Å². The zero-order valence-corrected chi connectivity index (χ0v) is 18.9. The normalized spacial score (nSPS) is 13.5. The molecule has 4 nitrogen and oxygen atoms in total. The zero-order chi connectivity index (χ0) is 20.8. The third-order valence-corrected chi connectivity index (χ3v) is 5.77. The van der Waals surface area contributed by atoms with Crippen LogP contribution >= 0.6 is 12.4 Å². The van der Waals surface area contributed by atoms with Crippen LogP contribution in [0.3, 0.4) is 0 Å². The van der Waals surface area contributed by atoms with Gasteiger partial charge in [0.1, 0.15) is 12.4 Å². The molecule has 0 atom stereocenters. The van der Waals surface area contributed by atoms with Gasteiger partial charge in [0.25, 0.3) is 0 Å². The molecule has 1 aliphatic heterocycles. The summed E-state index contributed by atoms with van der Waals surface area (Å²) >= 11 is 0. The Morgan fingerprint density at radius 2 is 1.84 bits per heavy atom. The molecule has 1 fully saturated rings. The number of nitrogens with one attached hydrogen (secondary N) is 1. The summed E-state index contributed by atoms with van der Waals surface area (Å²) in [6.45, 7) is 6.04. The maximum Gasteiger partial charge on any atom is 0.222 e. The summed E-state index contributed by atoms with van der Waals surface area (Å²) in [6.07, 6.45) is 2.69. The summed E-state index contributed by atoms with van der Waals surface area (Å²) in [7, 11) is 0. The number of rotatable bonds is 9. The first-order valence-corrected chi connectivity index (χ1v) is 10.9. The molecule has 3 aromatic rings. The Kier molecular flexibility index (Phi) is 8.33.